The molecule has 2 aromatic heterocycles. The highest BCUT2D eigenvalue weighted by Crippen LogP contribution is 2.12. The predicted octanol–water partition coefficient (Wildman–Crippen LogP) is -1.06. The topological polar surface area (TPSA) is 122 Å². The van der Waals surface area contributed by atoms with Gasteiger partial charge in [0.15, 0.2) is 11.2 Å². The van der Waals surface area contributed by atoms with Crippen molar-refractivity contribution in [3.05, 3.63) is 20.8 Å². The van der Waals surface area contributed by atoms with Crippen LogP contribution in [-0.2, 0) is 18.4 Å². The first-order chi connectivity index (χ1) is 8.95. The van der Waals surface area contributed by atoms with Crippen LogP contribution in [0.3, 0.4) is 0 Å². The van der Waals surface area contributed by atoms with Crippen molar-refractivity contribution in [1.29, 1.82) is 0 Å². The molecule has 3 N–H and O–H groups in total. The minimum absolute atomic E-state index is 0.217. The Balaban J connectivity index is 2.68. The first-order valence-electron chi connectivity index (χ1n) is 5.61. The van der Waals surface area contributed by atoms with Crippen LogP contribution in [0.25, 0.3) is 11.2 Å². The molecule has 0 radical (unpaired) electrons. The molecule has 0 bridgehead atoms. The molecule has 19 heavy (non-hydrogen) atoms. The maximum Gasteiger partial charge on any atom is 0.330 e. The second-order valence-electron chi connectivity index (χ2n) is 3.92. The molecule has 2 aromatic rings. The number of aliphatic carboxylic acids is 1. The highest BCUT2D eigenvalue weighted by atomic mass is 16.4. The Morgan fingerprint density at radius 3 is 2.74 bits per heavy atom. The molecule has 0 aromatic carbocycles. The fourth-order valence-electron chi connectivity index (χ4n) is 1.85. The van der Waals surface area contributed by atoms with E-state index in [1.165, 1.54) is 9.13 Å². The van der Waals surface area contributed by atoms with Gasteiger partial charge in [-0.15, -0.1) is 0 Å². The standard InChI is InChI=1S/C10H13N5O4/c1-3-15-7-6(8(18)13-10(15)19)14(2)9(12-7)11-4-5(16)17/h3-4H2,1-2H3,(H,11,12)(H,16,17)(H,13,18,19). The molecule has 0 fully saturated rings. The van der Waals surface area contributed by atoms with Gasteiger partial charge >= 0.3 is 11.7 Å². The first kappa shape index (κ1) is 12.9. The molecular weight excluding hydrogens is 254 g/mol. The third kappa shape index (κ3) is 2.09. The summed E-state index contributed by atoms with van der Waals surface area (Å²) in [5.41, 5.74) is -0.646. The zero-order valence-corrected chi connectivity index (χ0v) is 10.4. The molecule has 0 unspecified atom stereocenters. The lowest BCUT2D eigenvalue weighted by Gasteiger charge is -2.02. The van der Waals surface area contributed by atoms with E-state index in [-0.39, 0.29) is 23.7 Å². The van der Waals surface area contributed by atoms with E-state index in [9.17, 15) is 14.4 Å². The van der Waals surface area contributed by atoms with E-state index in [0.717, 1.165) is 0 Å². The molecule has 0 saturated carbocycles. The minimum atomic E-state index is -1.05. The summed E-state index contributed by atoms with van der Waals surface area (Å²) in [6, 6.07) is 0. The van der Waals surface area contributed by atoms with E-state index in [1.54, 1.807) is 14.0 Å². The number of imidazole rings is 1. The summed E-state index contributed by atoms with van der Waals surface area (Å²) in [6.45, 7) is 1.77. The predicted molar refractivity (Wildman–Crippen MR) is 67.4 cm³/mol. The number of aromatic amines is 1. The lowest BCUT2D eigenvalue weighted by atomic mass is 10.5. The van der Waals surface area contributed by atoms with Crippen molar-refractivity contribution < 1.29 is 9.90 Å². The van der Waals surface area contributed by atoms with E-state index >= 15 is 0 Å². The Morgan fingerprint density at radius 2 is 2.16 bits per heavy atom. The molecule has 2 heterocycles. The summed E-state index contributed by atoms with van der Waals surface area (Å²) in [5.74, 6) is -0.829. The van der Waals surface area contributed by atoms with Crippen molar-refractivity contribution >= 4 is 23.1 Å². The number of hydrogen-bond acceptors (Lipinski definition) is 5. The molecule has 0 aliphatic rings. The van der Waals surface area contributed by atoms with E-state index in [1.807, 2.05) is 0 Å². The second kappa shape index (κ2) is 4.59. The Labute approximate surface area is 106 Å². The smallest absolute Gasteiger partial charge is 0.330 e. The molecule has 9 nitrogen and oxygen atoms in total. The Morgan fingerprint density at radius 1 is 1.47 bits per heavy atom. The van der Waals surface area contributed by atoms with Gasteiger partial charge < -0.3 is 15.0 Å². The Hall–Kier alpha value is -2.58. The Kier molecular flexibility index (Phi) is 3.11. The summed E-state index contributed by atoms with van der Waals surface area (Å²) in [4.78, 5) is 40.2. The quantitative estimate of drug-likeness (QED) is 0.649. The van der Waals surface area contributed by atoms with Crippen molar-refractivity contribution in [2.45, 2.75) is 13.5 Å². The number of anilines is 1. The molecule has 0 atom stereocenters. The maximum atomic E-state index is 11.8. The molecule has 102 valence electrons. The van der Waals surface area contributed by atoms with Crippen LogP contribution in [0.15, 0.2) is 9.59 Å². The number of carbonyl (C=O) groups is 1. The van der Waals surface area contributed by atoms with Gasteiger partial charge in [-0.3, -0.25) is 19.1 Å². The maximum absolute atomic E-state index is 11.8. The zero-order valence-electron chi connectivity index (χ0n) is 10.4. The first-order valence-corrected chi connectivity index (χ1v) is 5.61. The summed E-state index contributed by atoms with van der Waals surface area (Å²) >= 11 is 0. The average molecular weight is 267 g/mol. The third-order valence-electron chi connectivity index (χ3n) is 2.73. The van der Waals surface area contributed by atoms with Crippen LogP contribution in [0.2, 0.25) is 0 Å². The van der Waals surface area contributed by atoms with Gasteiger partial charge in [0.25, 0.3) is 5.56 Å². The van der Waals surface area contributed by atoms with Crippen molar-refractivity contribution in [3.63, 3.8) is 0 Å². The van der Waals surface area contributed by atoms with Gasteiger partial charge in [0, 0.05) is 13.6 Å². The van der Waals surface area contributed by atoms with Gasteiger partial charge in [-0.2, -0.15) is 4.98 Å². The van der Waals surface area contributed by atoms with Crippen LogP contribution >= 0.6 is 0 Å². The molecule has 0 aliphatic heterocycles. The van der Waals surface area contributed by atoms with Gasteiger partial charge in [-0.1, -0.05) is 0 Å². The zero-order chi connectivity index (χ0) is 14.2. The van der Waals surface area contributed by atoms with Crippen LogP contribution in [0.1, 0.15) is 6.92 Å². The number of aromatic nitrogens is 4. The van der Waals surface area contributed by atoms with E-state index in [2.05, 4.69) is 15.3 Å². The van der Waals surface area contributed by atoms with Crippen LogP contribution in [-0.4, -0.2) is 36.7 Å². The largest absolute Gasteiger partial charge is 0.480 e. The molecule has 9 heteroatoms. The van der Waals surface area contributed by atoms with E-state index < -0.39 is 17.2 Å². The number of H-pyrrole nitrogens is 1. The normalized spacial score (nSPS) is 10.8. The van der Waals surface area contributed by atoms with Crippen molar-refractivity contribution in [1.82, 2.24) is 19.1 Å². The fraction of sp³-hybridized carbons (Fsp3) is 0.400. The fourth-order valence-corrected chi connectivity index (χ4v) is 1.85. The molecule has 0 amide bonds. The van der Waals surface area contributed by atoms with Crippen molar-refractivity contribution in [3.8, 4) is 0 Å². The van der Waals surface area contributed by atoms with Gasteiger partial charge in [0.2, 0.25) is 5.95 Å². The lowest BCUT2D eigenvalue weighted by molar-refractivity contribution is -0.134. The molecule has 2 rings (SSSR count). The SMILES string of the molecule is CCn1c(=O)[nH]c(=O)c2c1nc(NCC(=O)O)n2C. The second-order valence-corrected chi connectivity index (χ2v) is 3.92. The Bertz CT molecular complexity index is 754. The van der Waals surface area contributed by atoms with Crippen LogP contribution < -0.4 is 16.6 Å². The molecular formula is C10H13N5O4. The summed E-state index contributed by atoms with van der Waals surface area (Å²) in [7, 11) is 1.57. The number of nitrogens with one attached hydrogen (secondary N) is 2. The highest BCUT2D eigenvalue weighted by Gasteiger charge is 2.15. The monoisotopic (exact) mass is 267 g/mol. The van der Waals surface area contributed by atoms with Crippen LogP contribution in [0.4, 0.5) is 5.95 Å². The number of carboxylic acids is 1. The van der Waals surface area contributed by atoms with Gasteiger partial charge in [-0.25, -0.2) is 4.79 Å². The number of nitrogens with zero attached hydrogens (tertiary/aromatic N) is 3. The van der Waals surface area contributed by atoms with Gasteiger partial charge in [0.1, 0.15) is 6.54 Å². The summed E-state index contributed by atoms with van der Waals surface area (Å²) < 4.78 is 2.73. The van der Waals surface area contributed by atoms with Crippen LogP contribution in [0.5, 0.6) is 0 Å². The third-order valence-corrected chi connectivity index (χ3v) is 2.73. The van der Waals surface area contributed by atoms with Crippen LogP contribution in [0, 0.1) is 0 Å². The molecule has 0 saturated heterocycles. The number of aryl methyl sites for hydroxylation is 2. The summed E-state index contributed by atoms with van der Waals surface area (Å²) in [5, 5.41) is 11.2. The van der Waals surface area contributed by atoms with E-state index in [0.29, 0.717) is 6.54 Å². The number of fused-ring (bicyclic) bond motifs is 1. The number of carboxylic acid groups (broad SMARTS) is 1. The average Bonchev–Trinajstić information content (AvgIpc) is 2.65. The van der Waals surface area contributed by atoms with Crippen molar-refractivity contribution in [2.24, 2.45) is 7.05 Å². The molecule has 0 spiro atoms. The lowest BCUT2D eigenvalue weighted by Crippen LogP contribution is -2.30. The summed E-state index contributed by atoms with van der Waals surface area (Å²) in [6.07, 6.45) is 0. The van der Waals surface area contributed by atoms with Crippen molar-refractivity contribution in [2.75, 3.05) is 11.9 Å². The van der Waals surface area contributed by atoms with Gasteiger partial charge in [0.05, 0.1) is 0 Å². The minimum Gasteiger partial charge on any atom is -0.480 e. The van der Waals surface area contributed by atoms with Gasteiger partial charge in [-0.05, 0) is 6.92 Å². The molecule has 0 aliphatic carbocycles. The van der Waals surface area contributed by atoms with E-state index in [4.69, 9.17) is 5.11 Å². The highest BCUT2D eigenvalue weighted by molar-refractivity contribution is 5.76. The number of hydrogen-bond donors (Lipinski definition) is 3. The number of rotatable bonds is 4.